The standard InChI is InChI=1S/C51H91N9O17/c1-37(61)56-39(21-14-17-27-52)49(73)59-41(25-26-45(66)67)51(75)58-40(22-16-19-30-60(34-46(68)69)35-47(70)71)50(74)57-38(48(53)72)20-15-18-28-54-43(63)36-77-33-32-76-31-29-55-42(62)23-12-10-8-6-4-2-3-5-7-9-11-13-24-44(64)65/h38-41H,2-36,52H2,1H3,(H2,53,72)(H,54,63)(H,55,62)(H,56,61)(H,57,74)(H,58,75)(H,59,73)(H,64,65)(H,66,67)(H,68,69)(H,70,71)/t38-,39-,40-,41-/m0/s1. The highest BCUT2D eigenvalue weighted by Crippen LogP contribution is 2.14. The summed E-state index contributed by atoms with van der Waals surface area (Å²) in [5.74, 6) is -9.04. The minimum Gasteiger partial charge on any atom is -0.481 e. The van der Waals surface area contributed by atoms with Crippen LogP contribution in [0.5, 0.6) is 0 Å². The molecule has 0 spiro atoms. The molecule has 0 bridgehead atoms. The predicted molar refractivity (Wildman–Crippen MR) is 282 cm³/mol. The summed E-state index contributed by atoms with van der Waals surface area (Å²) in [6.45, 7) is 1.28. The molecule has 0 aliphatic heterocycles. The van der Waals surface area contributed by atoms with Crippen LogP contribution in [-0.2, 0) is 62.2 Å². The normalized spacial score (nSPS) is 12.6. The highest BCUT2D eigenvalue weighted by atomic mass is 16.5. The maximum Gasteiger partial charge on any atom is 0.317 e. The molecule has 14 N–H and O–H groups in total. The molecule has 26 heteroatoms. The molecule has 7 amide bonds. The van der Waals surface area contributed by atoms with E-state index in [-0.39, 0.29) is 83.9 Å². The van der Waals surface area contributed by atoms with Crippen molar-refractivity contribution < 1.29 is 82.6 Å². The number of carboxylic acid groups (broad SMARTS) is 4. The Morgan fingerprint density at radius 1 is 0.442 bits per heavy atom. The van der Waals surface area contributed by atoms with Gasteiger partial charge in [0, 0.05) is 39.3 Å². The van der Waals surface area contributed by atoms with Gasteiger partial charge in [-0.1, -0.05) is 64.2 Å². The molecule has 0 aliphatic rings. The van der Waals surface area contributed by atoms with Crippen LogP contribution >= 0.6 is 0 Å². The fraction of sp³-hybridized carbons (Fsp3) is 0.784. The number of aliphatic carboxylic acids is 4. The van der Waals surface area contributed by atoms with Gasteiger partial charge >= 0.3 is 23.9 Å². The number of carbonyl (C=O) groups excluding carboxylic acids is 7. The number of primary amides is 1. The van der Waals surface area contributed by atoms with Crippen LogP contribution in [0.4, 0.5) is 0 Å². The summed E-state index contributed by atoms with van der Waals surface area (Å²) in [7, 11) is 0. The Hall–Kier alpha value is -5.99. The molecule has 0 radical (unpaired) electrons. The third-order valence-corrected chi connectivity index (χ3v) is 12.1. The molecule has 442 valence electrons. The zero-order chi connectivity index (χ0) is 57.6. The van der Waals surface area contributed by atoms with Crippen molar-refractivity contribution in [3.63, 3.8) is 0 Å². The zero-order valence-electron chi connectivity index (χ0n) is 45.3. The van der Waals surface area contributed by atoms with Gasteiger partial charge in [0.15, 0.2) is 0 Å². The molecule has 0 aromatic carbocycles. The van der Waals surface area contributed by atoms with E-state index in [1.807, 2.05) is 0 Å². The van der Waals surface area contributed by atoms with Crippen LogP contribution in [-0.4, -0.2) is 180 Å². The number of amides is 7. The first-order valence-corrected chi connectivity index (χ1v) is 27.2. The van der Waals surface area contributed by atoms with E-state index in [1.54, 1.807) is 0 Å². The number of unbranched alkanes of at least 4 members (excludes halogenated alkanes) is 14. The molecule has 26 nitrogen and oxygen atoms in total. The van der Waals surface area contributed by atoms with Gasteiger partial charge in [-0.2, -0.15) is 0 Å². The van der Waals surface area contributed by atoms with E-state index in [1.165, 1.54) is 32.6 Å². The number of nitrogens with zero attached hydrogens (tertiary/aromatic N) is 1. The van der Waals surface area contributed by atoms with E-state index in [9.17, 15) is 68.1 Å². The summed E-state index contributed by atoms with van der Waals surface area (Å²) in [6.07, 6.45) is 14.5. The van der Waals surface area contributed by atoms with Crippen molar-refractivity contribution in [2.45, 2.75) is 192 Å². The largest absolute Gasteiger partial charge is 0.481 e. The van der Waals surface area contributed by atoms with Crippen molar-refractivity contribution in [2.24, 2.45) is 11.5 Å². The van der Waals surface area contributed by atoms with Gasteiger partial charge in [0.2, 0.25) is 41.4 Å². The van der Waals surface area contributed by atoms with E-state index in [0.29, 0.717) is 45.2 Å². The number of carbonyl (C=O) groups is 11. The molecule has 77 heavy (non-hydrogen) atoms. The lowest BCUT2D eigenvalue weighted by Gasteiger charge is -2.26. The number of hydrogen-bond acceptors (Lipinski definition) is 15. The smallest absolute Gasteiger partial charge is 0.317 e. The van der Waals surface area contributed by atoms with Crippen molar-refractivity contribution in [3.8, 4) is 0 Å². The lowest BCUT2D eigenvalue weighted by Crippen LogP contribution is -2.58. The van der Waals surface area contributed by atoms with Crippen molar-refractivity contribution in [1.82, 2.24) is 36.8 Å². The Kier molecular flexibility index (Phi) is 42.5. The molecular formula is C51H91N9O17. The van der Waals surface area contributed by atoms with Gasteiger partial charge in [-0.15, -0.1) is 0 Å². The number of rotatable bonds is 52. The first kappa shape index (κ1) is 71.0. The van der Waals surface area contributed by atoms with E-state index in [2.05, 4.69) is 31.9 Å². The fourth-order valence-corrected chi connectivity index (χ4v) is 8.01. The Labute approximate surface area is 452 Å². The van der Waals surface area contributed by atoms with Crippen molar-refractivity contribution >= 4 is 65.2 Å². The molecule has 0 rings (SSSR count). The van der Waals surface area contributed by atoms with Gasteiger partial charge in [0.05, 0.1) is 32.9 Å². The molecule has 0 aliphatic carbocycles. The van der Waals surface area contributed by atoms with E-state index in [0.717, 1.165) is 56.3 Å². The van der Waals surface area contributed by atoms with Crippen LogP contribution in [0.2, 0.25) is 0 Å². The van der Waals surface area contributed by atoms with Crippen molar-refractivity contribution in [2.75, 3.05) is 65.7 Å². The summed E-state index contributed by atoms with van der Waals surface area (Å²) >= 11 is 0. The second-order valence-electron chi connectivity index (χ2n) is 19.0. The first-order valence-electron chi connectivity index (χ1n) is 27.2. The number of nitrogens with two attached hydrogens (primary N) is 2. The summed E-state index contributed by atoms with van der Waals surface area (Å²) in [5.41, 5.74) is 11.2. The summed E-state index contributed by atoms with van der Waals surface area (Å²) < 4.78 is 10.8. The van der Waals surface area contributed by atoms with Crippen LogP contribution in [0.25, 0.3) is 0 Å². The van der Waals surface area contributed by atoms with Gasteiger partial charge in [-0.25, -0.2) is 0 Å². The molecular weight excluding hydrogens is 1010 g/mol. The second-order valence-corrected chi connectivity index (χ2v) is 19.0. The van der Waals surface area contributed by atoms with Crippen LogP contribution in [0.3, 0.4) is 0 Å². The monoisotopic (exact) mass is 1100 g/mol. The molecule has 0 heterocycles. The van der Waals surface area contributed by atoms with Gasteiger partial charge in [-0.05, 0) is 90.1 Å². The van der Waals surface area contributed by atoms with Crippen LogP contribution in [0.15, 0.2) is 0 Å². The molecule has 0 aromatic rings. The van der Waals surface area contributed by atoms with E-state index < -0.39 is 109 Å². The molecule has 0 saturated carbocycles. The molecule has 0 aromatic heterocycles. The van der Waals surface area contributed by atoms with Crippen LogP contribution in [0.1, 0.15) is 167 Å². The molecule has 0 fully saturated rings. The number of hydrogen-bond donors (Lipinski definition) is 12. The summed E-state index contributed by atoms with van der Waals surface area (Å²) in [4.78, 5) is 136. The van der Waals surface area contributed by atoms with Gasteiger partial charge in [-0.3, -0.25) is 57.6 Å². The van der Waals surface area contributed by atoms with Gasteiger partial charge < -0.3 is 73.3 Å². The highest BCUT2D eigenvalue weighted by Gasteiger charge is 2.31. The lowest BCUT2D eigenvalue weighted by molar-refractivity contribution is -0.142. The quantitative estimate of drug-likeness (QED) is 0.0379. The Bertz CT molecular complexity index is 1760. The van der Waals surface area contributed by atoms with E-state index >= 15 is 0 Å². The van der Waals surface area contributed by atoms with Crippen LogP contribution < -0.4 is 43.4 Å². The van der Waals surface area contributed by atoms with Crippen molar-refractivity contribution in [3.05, 3.63) is 0 Å². The van der Waals surface area contributed by atoms with Gasteiger partial charge in [0.25, 0.3) is 0 Å². The topological polar surface area (TPSA) is 415 Å². The fourth-order valence-electron chi connectivity index (χ4n) is 8.01. The maximum atomic E-state index is 13.8. The predicted octanol–water partition coefficient (Wildman–Crippen LogP) is 1.05. The average molecular weight is 1100 g/mol. The number of ether oxygens (including phenoxy) is 2. The minimum atomic E-state index is -1.50. The Morgan fingerprint density at radius 3 is 1.39 bits per heavy atom. The maximum absolute atomic E-state index is 13.8. The van der Waals surface area contributed by atoms with E-state index in [4.69, 9.17) is 26.0 Å². The summed E-state index contributed by atoms with van der Waals surface area (Å²) in [5, 5.41) is 52.0. The zero-order valence-corrected chi connectivity index (χ0v) is 45.3. The Balaban J connectivity index is 4.98. The third kappa shape index (κ3) is 42.8. The lowest BCUT2D eigenvalue weighted by atomic mass is 10.0. The summed E-state index contributed by atoms with van der Waals surface area (Å²) in [6, 6.07) is -5.24. The highest BCUT2D eigenvalue weighted by molar-refractivity contribution is 5.95. The average Bonchev–Trinajstić information content (AvgIpc) is 3.35. The minimum absolute atomic E-state index is 0.0108. The SMILES string of the molecule is CC(=O)N[C@@H](CCCCN)C(=O)N[C@@H](CCC(=O)O)C(=O)N[C@@H](CCCCN(CC(=O)O)CC(=O)O)C(=O)N[C@@H](CCCCNC(=O)COCCOCCNC(=O)CCCCCCCCCCCCCCC(=O)O)C(N)=O. The van der Waals surface area contributed by atoms with Crippen LogP contribution in [0, 0.1) is 0 Å². The first-order chi connectivity index (χ1) is 36.7. The molecule has 0 unspecified atom stereocenters. The molecule has 0 saturated heterocycles. The number of nitrogens with one attached hydrogen (secondary N) is 6. The van der Waals surface area contributed by atoms with Crippen molar-refractivity contribution in [1.29, 1.82) is 0 Å². The third-order valence-electron chi connectivity index (χ3n) is 12.1. The number of carboxylic acids is 4. The Morgan fingerprint density at radius 2 is 0.883 bits per heavy atom. The second kappa shape index (κ2) is 46.1. The molecule has 4 atom stereocenters. The van der Waals surface area contributed by atoms with Gasteiger partial charge in [0.1, 0.15) is 30.8 Å².